The van der Waals surface area contributed by atoms with Crippen molar-refractivity contribution in [2.45, 2.75) is 44.8 Å². The summed E-state index contributed by atoms with van der Waals surface area (Å²) in [6.45, 7) is 2.96. The second-order valence-electron chi connectivity index (χ2n) is 5.99. The number of carboxylic acid groups (broad SMARTS) is 1. The number of carbonyl (C=O) groups is 1. The SMILES string of the molecule is CC(C)CC(F)(F)C[C@H](N=C(c1ccc(F)cc1)C(F)(F)F)C(=O)O. The maximum Gasteiger partial charge on any atom is 0.433 e. The quantitative estimate of drug-likeness (QED) is 0.559. The molecule has 0 spiro atoms. The zero-order chi connectivity index (χ0) is 19.4. The van der Waals surface area contributed by atoms with Crippen LogP contribution in [0.2, 0.25) is 0 Å². The summed E-state index contributed by atoms with van der Waals surface area (Å²) in [5, 5.41) is 9.01. The van der Waals surface area contributed by atoms with E-state index in [9.17, 15) is 31.1 Å². The Kier molecular flexibility index (Phi) is 6.61. The first kappa shape index (κ1) is 21.0. The molecule has 0 saturated carbocycles. The van der Waals surface area contributed by atoms with Crippen molar-refractivity contribution in [3.63, 3.8) is 0 Å². The van der Waals surface area contributed by atoms with Crippen molar-refractivity contribution in [3.8, 4) is 0 Å². The summed E-state index contributed by atoms with van der Waals surface area (Å²) in [6.07, 6.45) is -7.12. The van der Waals surface area contributed by atoms with E-state index in [1.165, 1.54) is 13.8 Å². The third-order valence-electron chi connectivity index (χ3n) is 3.16. The van der Waals surface area contributed by atoms with E-state index in [0.717, 1.165) is 24.3 Å². The minimum atomic E-state index is -5.08. The third-order valence-corrected chi connectivity index (χ3v) is 3.16. The van der Waals surface area contributed by atoms with Gasteiger partial charge in [0.15, 0.2) is 6.04 Å². The number of aliphatic imine (C=N–C) groups is 1. The molecule has 0 amide bonds. The number of hydrogen-bond acceptors (Lipinski definition) is 2. The second-order valence-corrected chi connectivity index (χ2v) is 5.99. The van der Waals surface area contributed by atoms with Crippen LogP contribution < -0.4 is 0 Å². The molecule has 9 heteroatoms. The highest BCUT2D eigenvalue weighted by Crippen LogP contribution is 2.31. The predicted molar refractivity (Wildman–Crippen MR) is 79.4 cm³/mol. The summed E-state index contributed by atoms with van der Waals surface area (Å²) < 4.78 is 80.0. The first-order valence-corrected chi connectivity index (χ1v) is 7.33. The summed E-state index contributed by atoms with van der Waals surface area (Å²) in [7, 11) is 0. The molecule has 0 bridgehead atoms. The lowest BCUT2D eigenvalue weighted by Gasteiger charge is -2.21. The van der Waals surface area contributed by atoms with Crippen LogP contribution >= 0.6 is 0 Å². The Balaban J connectivity index is 3.26. The molecule has 1 rings (SSSR count). The lowest BCUT2D eigenvalue weighted by Crippen LogP contribution is -2.33. The van der Waals surface area contributed by atoms with E-state index in [-0.39, 0.29) is 0 Å². The van der Waals surface area contributed by atoms with E-state index in [2.05, 4.69) is 4.99 Å². The molecule has 0 fully saturated rings. The molecule has 1 N–H and O–H groups in total. The van der Waals surface area contributed by atoms with Gasteiger partial charge < -0.3 is 5.11 Å². The zero-order valence-corrected chi connectivity index (χ0v) is 13.4. The van der Waals surface area contributed by atoms with Gasteiger partial charge in [-0.05, 0) is 30.2 Å². The number of rotatable bonds is 7. The molecule has 25 heavy (non-hydrogen) atoms. The van der Waals surface area contributed by atoms with Gasteiger partial charge in [0.25, 0.3) is 5.92 Å². The molecule has 0 radical (unpaired) electrons. The van der Waals surface area contributed by atoms with E-state index in [4.69, 9.17) is 5.11 Å². The highest BCUT2D eigenvalue weighted by molar-refractivity contribution is 6.05. The van der Waals surface area contributed by atoms with Gasteiger partial charge in [-0.2, -0.15) is 13.2 Å². The Hall–Kier alpha value is -2.06. The first-order valence-electron chi connectivity index (χ1n) is 7.33. The summed E-state index contributed by atoms with van der Waals surface area (Å²) in [5.41, 5.74) is -2.24. The lowest BCUT2D eigenvalue weighted by atomic mass is 9.99. The van der Waals surface area contributed by atoms with Gasteiger partial charge in [-0.15, -0.1) is 0 Å². The number of halogens is 6. The molecule has 0 aliphatic rings. The van der Waals surface area contributed by atoms with Gasteiger partial charge in [0.1, 0.15) is 11.5 Å². The average molecular weight is 369 g/mol. The fourth-order valence-electron chi connectivity index (χ4n) is 2.23. The molecule has 0 unspecified atom stereocenters. The third kappa shape index (κ3) is 6.75. The fraction of sp³-hybridized carbons (Fsp3) is 0.500. The molecule has 3 nitrogen and oxygen atoms in total. The van der Waals surface area contributed by atoms with Crippen LogP contribution in [0.5, 0.6) is 0 Å². The summed E-state index contributed by atoms with van der Waals surface area (Å²) in [4.78, 5) is 14.2. The van der Waals surface area contributed by atoms with Gasteiger partial charge in [-0.1, -0.05) is 13.8 Å². The number of hydrogen-bond donors (Lipinski definition) is 1. The normalized spacial score (nSPS) is 14.7. The van der Waals surface area contributed by atoms with Crippen molar-refractivity contribution in [2.75, 3.05) is 0 Å². The minimum Gasteiger partial charge on any atom is -0.480 e. The van der Waals surface area contributed by atoms with Crippen LogP contribution in [0.25, 0.3) is 0 Å². The summed E-state index contributed by atoms with van der Waals surface area (Å²) >= 11 is 0. The summed E-state index contributed by atoms with van der Waals surface area (Å²) in [5.74, 6) is -6.66. The average Bonchev–Trinajstić information content (AvgIpc) is 2.41. The van der Waals surface area contributed by atoms with Crippen molar-refractivity contribution < 1.29 is 36.2 Å². The van der Waals surface area contributed by atoms with Gasteiger partial charge in [0.05, 0.1) is 0 Å². The molecule has 0 aromatic heterocycles. The van der Waals surface area contributed by atoms with Crippen molar-refractivity contribution >= 4 is 11.7 Å². The Bertz CT molecular complexity index is 623. The van der Waals surface area contributed by atoms with Crippen LogP contribution in [0.1, 0.15) is 32.3 Å². The smallest absolute Gasteiger partial charge is 0.433 e. The fourth-order valence-corrected chi connectivity index (χ4v) is 2.23. The Labute approximate surface area is 140 Å². The van der Waals surface area contributed by atoms with Crippen LogP contribution in [-0.4, -0.2) is 34.9 Å². The molecule has 0 heterocycles. The minimum absolute atomic E-state index is 0.479. The molecular weight excluding hydrogens is 352 g/mol. The largest absolute Gasteiger partial charge is 0.480 e. The van der Waals surface area contributed by atoms with Gasteiger partial charge in [0.2, 0.25) is 0 Å². The zero-order valence-electron chi connectivity index (χ0n) is 13.4. The van der Waals surface area contributed by atoms with Crippen molar-refractivity contribution in [2.24, 2.45) is 10.9 Å². The first-order chi connectivity index (χ1) is 11.3. The molecular formula is C16H17F6NO2. The molecule has 1 aromatic carbocycles. The molecule has 0 aliphatic carbocycles. The van der Waals surface area contributed by atoms with E-state index in [1.54, 1.807) is 0 Å². The molecule has 1 aromatic rings. The van der Waals surface area contributed by atoms with Crippen LogP contribution in [-0.2, 0) is 4.79 Å². The Morgan fingerprint density at radius 1 is 1.08 bits per heavy atom. The molecule has 140 valence electrons. The molecule has 0 aliphatic heterocycles. The van der Waals surface area contributed by atoms with Crippen LogP contribution in [0, 0.1) is 11.7 Å². The lowest BCUT2D eigenvalue weighted by molar-refractivity contribution is -0.141. The number of aliphatic carboxylic acids is 1. The van der Waals surface area contributed by atoms with Crippen LogP contribution in [0.15, 0.2) is 29.3 Å². The second kappa shape index (κ2) is 7.88. The Morgan fingerprint density at radius 3 is 2.00 bits per heavy atom. The predicted octanol–water partition coefficient (Wildman–Crippen LogP) is 4.70. The number of alkyl halides is 5. The van der Waals surface area contributed by atoms with E-state index in [1.807, 2.05) is 0 Å². The number of carboxylic acids is 1. The number of benzene rings is 1. The topological polar surface area (TPSA) is 49.7 Å². The van der Waals surface area contributed by atoms with Gasteiger partial charge in [-0.25, -0.2) is 18.0 Å². The standard InChI is InChI=1S/C16H17F6NO2/c1-9(2)7-15(18,19)8-12(14(24)25)23-13(16(20,21)22)10-3-5-11(17)6-4-10/h3-6,9,12H,7-8H2,1-2H3,(H,24,25)/t12-/m0/s1. The van der Waals surface area contributed by atoms with E-state index >= 15 is 0 Å². The van der Waals surface area contributed by atoms with Crippen molar-refractivity contribution in [3.05, 3.63) is 35.6 Å². The molecule has 1 atom stereocenters. The number of nitrogens with zero attached hydrogens (tertiary/aromatic N) is 1. The highest BCUT2D eigenvalue weighted by Gasteiger charge is 2.41. The maximum absolute atomic E-state index is 13.8. The van der Waals surface area contributed by atoms with E-state index < -0.39 is 60.0 Å². The molecule has 0 saturated heterocycles. The van der Waals surface area contributed by atoms with Crippen LogP contribution in [0.3, 0.4) is 0 Å². The van der Waals surface area contributed by atoms with Gasteiger partial charge in [0, 0.05) is 18.4 Å². The maximum atomic E-state index is 13.8. The monoisotopic (exact) mass is 369 g/mol. The summed E-state index contributed by atoms with van der Waals surface area (Å²) in [6, 6.07) is 0.703. The van der Waals surface area contributed by atoms with E-state index in [0.29, 0.717) is 0 Å². The Morgan fingerprint density at radius 2 is 1.60 bits per heavy atom. The van der Waals surface area contributed by atoms with Gasteiger partial charge >= 0.3 is 12.1 Å². The van der Waals surface area contributed by atoms with Crippen molar-refractivity contribution in [1.82, 2.24) is 0 Å². The van der Waals surface area contributed by atoms with Crippen LogP contribution in [0.4, 0.5) is 26.3 Å². The highest BCUT2D eigenvalue weighted by atomic mass is 19.4. The van der Waals surface area contributed by atoms with Gasteiger partial charge in [-0.3, -0.25) is 4.99 Å². The van der Waals surface area contributed by atoms with Crippen molar-refractivity contribution in [1.29, 1.82) is 0 Å².